The first kappa shape index (κ1) is 11.2. The summed E-state index contributed by atoms with van der Waals surface area (Å²) in [5, 5.41) is 19.7. The first-order chi connectivity index (χ1) is 7.15. The molecule has 0 aromatic heterocycles. The molecule has 0 fully saturated rings. The summed E-state index contributed by atoms with van der Waals surface area (Å²) >= 11 is 0. The SMILES string of the molecule is O=CCCCc1ccc([N+](=O)[O-])c(O)c1. The van der Waals surface area contributed by atoms with Gasteiger partial charge in [0.25, 0.3) is 0 Å². The summed E-state index contributed by atoms with van der Waals surface area (Å²) in [4.78, 5) is 19.8. The summed E-state index contributed by atoms with van der Waals surface area (Å²) in [6.07, 6.45) is 2.59. The van der Waals surface area contributed by atoms with Crippen molar-refractivity contribution in [1.82, 2.24) is 0 Å². The van der Waals surface area contributed by atoms with Crippen molar-refractivity contribution in [3.63, 3.8) is 0 Å². The van der Waals surface area contributed by atoms with E-state index >= 15 is 0 Å². The van der Waals surface area contributed by atoms with Gasteiger partial charge < -0.3 is 9.90 Å². The van der Waals surface area contributed by atoms with Crippen molar-refractivity contribution in [1.29, 1.82) is 0 Å². The van der Waals surface area contributed by atoms with Crippen LogP contribution in [-0.2, 0) is 11.2 Å². The fourth-order valence-electron chi connectivity index (χ4n) is 1.27. The summed E-state index contributed by atoms with van der Waals surface area (Å²) in [6.45, 7) is 0. The van der Waals surface area contributed by atoms with Gasteiger partial charge in [0, 0.05) is 12.5 Å². The average molecular weight is 209 g/mol. The fourth-order valence-corrected chi connectivity index (χ4v) is 1.27. The van der Waals surface area contributed by atoms with E-state index in [1.807, 2.05) is 0 Å². The molecule has 0 aliphatic heterocycles. The maximum atomic E-state index is 10.4. The van der Waals surface area contributed by atoms with Crippen molar-refractivity contribution in [2.75, 3.05) is 0 Å². The molecule has 0 saturated heterocycles. The Morgan fingerprint density at radius 3 is 2.73 bits per heavy atom. The molecule has 0 radical (unpaired) electrons. The van der Waals surface area contributed by atoms with E-state index in [2.05, 4.69) is 0 Å². The lowest BCUT2D eigenvalue weighted by Crippen LogP contribution is -1.91. The molecule has 0 aliphatic rings. The molecule has 1 aromatic rings. The Hall–Kier alpha value is -1.91. The average Bonchev–Trinajstić information content (AvgIpc) is 2.17. The number of nitro benzene ring substituents is 1. The number of hydrogen-bond acceptors (Lipinski definition) is 4. The van der Waals surface area contributed by atoms with Crippen LogP contribution in [0.1, 0.15) is 18.4 Å². The molecule has 0 unspecified atom stereocenters. The Morgan fingerprint density at radius 1 is 1.47 bits per heavy atom. The molecule has 15 heavy (non-hydrogen) atoms. The number of nitrogens with zero attached hydrogens (tertiary/aromatic N) is 1. The zero-order chi connectivity index (χ0) is 11.3. The second kappa shape index (κ2) is 5.09. The van der Waals surface area contributed by atoms with E-state index in [4.69, 9.17) is 0 Å². The molecule has 1 rings (SSSR count). The van der Waals surface area contributed by atoms with Crippen LogP contribution >= 0.6 is 0 Å². The maximum Gasteiger partial charge on any atom is 0.310 e. The summed E-state index contributed by atoms with van der Waals surface area (Å²) in [7, 11) is 0. The topological polar surface area (TPSA) is 80.4 Å². The molecule has 0 bridgehead atoms. The lowest BCUT2D eigenvalue weighted by Gasteiger charge is -2.00. The minimum Gasteiger partial charge on any atom is -0.502 e. The number of benzene rings is 1. The van der Waals surface area contributed by atoms with Gasteiger partial charge in [-0.05, 0) is 24.5 Å². The van der Waals surface area contributed by atoms with Crippen LogP contribution in [0.3, 0.4) is 0 Å². The monoisotopic (exact) mass is 209 g/mol. The molecular weight excluding hydrogens is 198 g/mol. The van der Waals surface area contributed by atoms with Crippen molar-refractivity contribution >= 4 is 12.0 Å². The van der Waals surface area contributed by atoms with E-state index in [0.717, 1.165) is 11.8 Å². The number of carbonyl (C=O) groups is 1. The van der Waals surface area contributed by atoms with Crippen molar-refractivity contribution in [2.45, 2.75) is 19.3 Å². The second-order valence-electron chi connectivity index (χ2n) is 3.14. The summed E-state index contributed by atoms with van der Waals surface area (Å²) in [5.41, 5.74) is 0.495. The fraction of sp³-hybridized carbons (Fsp3) is 0.300. The van der Waals surface area contributed by atoms with E-state index < -0.39 is 4.92 Å². The van der Waals surface area contributed by atoms with Gasteiger partial charge in [-0.25, -0.2) is 0 Å². The van der Waals surface area contributed by atoms with E-state index in [0.29, 0.717) is 19.3 Å². The molecule has 0 saturated carbocycles. The third-order valence-corrected chi connectivity index (χ3v) is 2.02. The number of rotatable bonds is 5. The van der Waals surface area contributed by atoms with Gasteiger partial charge >= 0.3 is 5.69 Å². The van der Waals surface area contributed by atoms with E-state index in [1.54, 1.807) is 6.07 Å². The highest BCUT2D eigenvalue weighted by atomic mass is 16.6. The zero-order valence-corrected chi connectivity index (χ0v) is 8.05. The molecule has 1 aromatic carbocycles. The standard InChI is InChI=1S/C10H11NO4/c12-6-2-1-3-8-4-5-9(11(14)15)10(13)7-8/h4-7,13H,1-3H2. The number of phenols is 1. The number of aldehydes is 1. The van der Waals surface area contributed by atoms with Crippen LogP contribution in [0.15, 0.2) is 18.2 Å². The molecule has 0 amide bonds. The molecule has 0 spiro atoms. The molecule has 80 valence electrons. The minimum atomic E-state index is -0.634. The Morgan fingerprint density at radius 2 is 2.20 bits per heavy atom. The van der Waals surface area contributed by atoms with Crippen LogP contribution in [0.4, 0.5) is 5.69 Å². The van der Waals surface area contributed by atoms with Crippen molar-refractivity contribution in [2.24, 2.45) is 0 Å². The van der Waals surface area contributed by atoms with Crippen LogP contribution in [0.2, 0.25) is 0 Å². The third kappa shape index (κ3) is 3.05. The number of phenolic OH excluding ortho intramolecular Hbond substituents is 1. The Balaban J connectivity index is 2.73. The third-order valence-electron chi connectivity index (χ3n) is 2.02. The van der Waals surface area contributed by atoms with Crippen LogP contribution in [0, 0.1) is 10.1 Å². The number of unbranched alkanes of at least 4 members (excludes halogenated alkanes) is 1. The Kier molecular flexibility index (Phi) is 3.79. The highest BCUT2D eigenvalue weighted by molar-refractivity contribution is 5.49. The lowest BCUT2D eigenvalue weighted by molar-refractivity contribution is -0.385. The van der Waals surface area contributed by atoms with Gasteiger partial charge in [-0.3, -0.25) is 10.1 Å². The summed E-state index contributed by atoms with van der Waals surface area (Å²) < 4.78 is 0. The molecule has 0 aliphatic carbocycles. The van der Waals surface area contributed by atoms with E-state index in [-0.39, 0.29) is 11.4 Å². The van der Waals surface area contributed by atoms with Gasteiger partial charge in [-0.2, -0.15) is 0 Å². The number of aromatic hydroxyl groups is 1. The van der Waals surface area contributed by atoms with Gasteiger partial charge in [-0.1, -0.05) is 6.07 Å². The molecule has 0 heterocycles. The van der Waals surface area contributed by atoms with Gasteiger partial charge in [-0.15, -0.1) is 0 Å². The first-order valence-electron chi connectivity index (χ1n) is 4.55. The first-order valence-corrected chi connectivity index (χ1v) is 4.55. The van der Waals surface area contributed by atoms with Gasteiger partial charge in [0.15, 0.2) is 5.75 Å². The Bertz CT molecular complexity index is 376. The van der Waals surface area contributed by atoms with E-state index in [1.165, 1.54) is 12.1 Å². The van der Waals surface area contributed by atoms with Gasteiger partial charge in [0.2, 0.25) is 0 Å². The Labute approximate surface area is 86.5 Å². The van der Waals surface area contributed by atoms with Crippen molar-refractivity contribution in [3.8, 4) is 5.75 Å². The smallest absolute Gasteiger partial charge is 0.310 e. The molecular formula is C10H11NO4. The quantitative estimate of drug-likeness (QED) is 0.347. The number of aryl methyl sites for hydroxylation is 1. The van der Waals surface area contributed by atoms with Crippen molar-refractivity contribution < 1.29 is 14.8 Å². The lowest BCUT2D eigenvalue weighted by atomic mass is 10.1. The van der Waals surface area contributed by atoms with Crippen LogP contribution in [-0.4, -0.2) is 16.3 Å². The predicted molar refractivity (Wildman–Crippen MR) is 53.8 cm³/mol. The highest BCUT2D eigenvalue weighted by Gasteiger charge is 2.12. The van der Waals surface area contributed by atoms with Crippen LogP contribution < -0.4 is 0 Å². The number of nitro groups is 1. The molecule has 5 nitrogen and oxygen atoms in total. The van der Waals surface area contributed by atoms with Crippen LogP contribution in [0.25, 0.3) is 0 Å². The normalized spacial score (nSPS) is 9.87. The molecule has 1 N–H and O–H groups in total. The summed E-state index contributed by atoms with van der Waals surface area (Å²) in [6, 6.07) is 4.22. The predicted octanol–water partition coefficient (Wildman–Crippen LogP) is 1.82. The largest absolute Gasteiger partial charge is 0.502 e. The molecule has 0 atom stereocenters. The maximum absolute atomic E-state index is 10.4. The van der Waals surface area contributed by atoms with Crippen molar-refractivity contribution in [3.05, 3.63) is 33.9 Å². The number of hydrogen-bond donors (Lipinski definition) is 1. The summed E-state index contributed by atoms with van der Waals surface area (Å²) in [5.74, 6) is -0.330. The highest BCUT2D eigenvalue weighted by Crippen LogP contribution is 2.26. The number of carbonyl (C=O) groups excluding carboxylic acids is 1. The second-order valence-corrected chi connectivity index (χ2v) is 3.14. The van der Waals surface area contributed by atoms with Crippen LogP contribution in [0.5, 0.6) is 5.75 Å². The minimum absolute atomic E-state index is 0.297. The van der Waals surface area contributed by atoms with Gasteiger partial charge in [0.1, 0.15) is 6.29 Å². The van der Waals surface area contributed by atoms with E-state index in [9.17, 15) is 20.0 Å². The van der Waals surface area contributed by atoms with Gasteiger partial charge in [0.05, 0.1) is 4.92 Å². The molecule has 5 heteroatoms. The zero-order valence-electron chi connectivity index (χ0n) is 8.05.